The van der Waals surface area contributed by atoms with Crippen molar-refractivity contribution in [2.24, 2.45) is 11.8 Å². The summed E-state index contributed by atoms with van der Waals surface area (Å²) >= 11 is 0. The average molecular weight is 274 g/mol. The van der Waals surface area contributed by atoms with Gasteiger partial charge in [-0.15, -0.1) is 0 Å². The maximum Gasteiger partial charge on any atom is 0.351 e. The predicted octanol–water partition coefficient (Wildman–Crippen LogP) is -0.947. The molecule has 0 bridgehead atoms. The lowest BCUT2D eigenvalue weighted by Gasteiger charge is -2.25. The Morgan fingerprint density at radius 1 is 1.05 bits per heavy atom. The molecular weight excluding hydrogens is 260 g/mol. The van der Waals surface area contributed by atoms with Gasteiger partial charge >= 0.3 is 23.9 Å². The van der Waals surface area contributed by atoms with Crippen molar-refractivity contribution in [2.75, 3.05) is 21.3 Å². The molecule has 8 nitrogen and oxygen atoms in total. The zero-order valence-electron chi connectivity index (χ0n) is 10.9. The minimum absolute atomic E-state index is 0.936. The van der Waals surface area contributed by atoms with Gasteiger partial charge in [0.05, 0.1) is 21.3 Å². The smallest absolute Gasteiger partial charge is 0.351 e. The van der Waals surface area contributed by atoms with E-state index in [1.54, 1.807) is 0 Å². The monoisotopic (exact) mass is 274 g/mol. The molecule has 0 aliphatic carbocycles. The second kappa shape index (κ2) is 5.25. The fraction of sp³-hybridized carbons (Fsp3) is 0.636. The van der Waals surface area contributed by atoms with E-state index >= 15 is 0 Å². The molecule has 0 aromatic rings. The van der Waals surface area contributed by atoms with Crippen LogP contribution in [-0.2, 0) is 38.1 Å². The number of carbonyl (C=O) groups excluding carboxylic acids is 4. The first-order chi connectivity index (χ1) is 8.83. The predicted molar refractivity (Wildman–Crippen MR) is 57.5 cm³/mol. The molecule has 1 fully saturated rings. The Kier molecular flexibility index (Phi) is 4.13. The highest BCUT2D eigenvalue weighted by Crippen LogP contribution is 2.39. The summed E-state index contributed by atoms with van der Waals surface area (Å²) < 4.78 is 18.3. The lowest BCUT2D eigenvalue weighted by atomic mass is 9.82. The van der Waals surface area contributed by atoms with Crippen molar-refractivity contribution < 1.29 is 38.1 Å². The number of hydrogen-bond donors (Lipinski definition) is 0. The van der Waals surface area contributed by atoms with Crippen LogP contribution in [0.5, 0.6) is 0 Å². The van der Waals surface area contributed by atoms with E-state index in [1.807, 2.05) is 0 Å². The van der Waals surface area contributed by atoms with Gasteiger partial charge in [-0.05, 0) is 6.92 Å². The van der Waals surface area contributed by atoms with Gasteiger partial charge in [0.2, 0.25) is 5.60 Å². The number of rotatable bonds is 3. The van der Waals surface area contributed by atoms with Gasteiger partial charge in [-0.1, -0.05) is 0 Å². The van der Waals surface area contributed by atoms with Crippen LogP contribution in [0.2, 0.25) is 0 Å². The molecule has 3 unspecified atom stereocenters. The Bertz CT molecular complexity index is 428. The lowest BCUT2D eigenvalue weighted by Crippen LogP contribution is -2.48. The Labute approximate surface area is 108 Å². The van der Waals surface area contributed by atoms with Gasteiger partial charge in [-0.25, -0.2) is 4.79 Å². The first-order valence-corrected chi connectivity index (χ1v) is 5.30. The van der Waals surface area contributed by atoms with Crippen LogP contribution in [-0.4, -0.2) is 50.8 Å². The van der Waals surface area contributed by atoms with Crippen molar-refractivity contribution in [3.63, 3.8) is 0 Å². The maximum atomic E-state index is 11.8. The summed E-state index contributed by atoms with van der Waals surface area (Å²) in [5.74, 6) is -6.91. The summed E-state index contributed by atoms with van der Waals surface area (Å²) in [6.45, 7) is 1.18. The Morgan fingerprint density at radius 3 is 2.00 bits per heavy atom. The van der Waals surface area contributed by atoms with E-state index < -0.39 is 41.3 Å². The second-order valence-electron chi connectivity index (χ2n) is 4.02. The molecule has 0 saturated carbocycles. The third-order valence-corrected chi connectivity index (χ3v) is 2.99. The average Bonchev–Trinajstić information content (AvgIpc) is 2.68. The lowest BCUT2D eigenvalue weighted by molar-refractivity contribution is -0.177. The van der Waals surface area contributed by atoms with Crippen LogP contribution in [0.25, 0.3) is 0 Å². The molecule has 0 radical (unpaired) electrons. The van der Waals surface area contributed by atoms with Crippen molar-refractivity contribution in [1.29, 1.82) is 0 Å². The zero-order chi connectivity index (χ0) is 14.8. The van der Waals surface area contributed by atoms with E-state index in [0.29, 0.717) is 0 Å². The van der Waals surface area contributed by atoms with Crippen LogP contribution < -0.4 is 0 Å². The Balaban J connectivity index is 3.28. The van der Waals surface area contributed by atoms with Gasteiger partial charge in [0, 0.05) is 0 Å². The summed E-state index contributed by atoms with van der Waals surface area (Å²) in [5.41, 5.74) is -1.92. The molecule has 1 saturated heterocycles. The molecule has 8 heteroatoms. The van der Waals surface area contributed by atoms with E-state index in [2.05, 4.69) is 14.2 Å². The van der Waals surface area contributed by atoms with E-state index in [1.165, 1.54) is 6.92 Å². The standard InChI is InChI=1S/C11H14O8/c1-11(10(15)18-4)6(9(14)17-3)5(7(12)16-2)8(13)19-11/h5-6H,1-4H3. The third kappa shape index (κ3) is 2.25. The highest BCUT2D eigenvalue weighted by atomic mass is 16.6. The summed E-state index contributed by atoms with van der Waals surface area (Å²) in [5, 5.41) is 0. The minimum atomic E-state index is -1.92. The molecule has 1 aliphatic heterocycles. The summed E-state index contributed by atoms with van der Waals surface area (Å²) in [4.78, 5) is 46.7. The molecular formula is C11H14O8. The first kappa shape index (κ1) is 14.9. The minimum Gasteiger partial charge on any atom is -0.469 e. The van der Waals surface area contributed by atoms with Gasteiger partial charge < -0.3 is 18.9 Å². The Hall–Kier alpha value is -2.12. The molecule has 19 heavy (non-hydrogen) atoms. The van der Waals surface area contributed by atoms with Crippen LogP contribution >= 0.6 is 0 Å². The van der Waals surface area contributed by atoms with Crippen molar-refractivity contribution in [3.8, 4) is 0 Å². The van der Waals surface area contributed by atoms with Crippen LogP contribution in [0.3, 0.4) is 0 Å². The van der Waals surface area contributed by atoms with E-state index in [0.717, 1.165) is 21.3 Å². The topological polar surface area (TPSA) is 105 Å². The van der Waals surface area contributed by atoms with Gasteiger partial charge in [0.25, 0.3) is 0 Å². The zero-order valence-corrected chi connectivity index (χ0v) is 10.9. The Morgan fingerprint density at radius 2 is 1.58 bits per heavy atom. The van der Waals surface area contributed by atoms with Crippen LogP contribution in [0.15, 0.2) is 0 Å². The highest BCUT2D eigenvalue weighted by molar-refractivity contribution is 6.05. The van der Waals surface area contributed by atoms with Gasteiger partial charge in [0.15, 0.2) is 5.92 Å². The fourth-order valence-electron chi connectivity index (χ4n) is 2.01. The van der Waals surface area contributed by atoms with Crippen molar-refractivity contribution >= 4 is 23.9 Å². The van der Waals surface area contributed by atoms with Crippen LogP contribution in [0.4, 0.5) is 0 Å². The van der Waals surface area contributed by atoms with E-state index in [9.17, 15) is 19.2 Å². The van der Waals surface area contributed by atoms with Gasteiger partial charge in [-0.3, -0.25) is 14.4 Å². The van der Waals surface area contributed by atoms with E-state index in [-0.39, 0.29) is 0 Å². The molecule has 1 aliphatic rings. The molecule has 1 heterocycles. The molecule has 106 valence electrons. The first-order valence-electron chi connectivity index (χ1n) is 5.30. The fourth-order valence-corrected chi connectivity index (χ4v) is 2.01. The number of esters is 4. The van der Waals surface area contributed by atoms with Gasteiger partial charge in [-0.2, -0.15) is 0 Å². The molecule has 0 aromatic carbocycles. The quantitative estimate of drug-likeness (QED) is 0.368. The largest absolute Gasteiger partial charge is 0.469 e. The summed E-state index contributed by atoms with van der Waals surface area (Å²) in [6.07, 6.45) is 0. The molecule has 0 aromatic heterocycles. The van der Waals surface area contributed by atoms with Crippen molar-refractivity contribution in [2.45, 2.75) is 12.5 Å². The van der Waals surface area contributed by atoms with Crippen molar-refractivity contribution in [3.05, 3.63) is 0 Å². The molecule has 1 rings (SSSR count). The SMILES string of the molecule is COC(=O)C1C(=O)OC(C)(C(=O)OC)C1C(=O)OC. The molecule has 0 spiro atoms. The summed E-state index contributed by atoms with van der Waals surface area (Å²) in [6, 6.07) is 0. The highest BCUT2D eigenvalue weighted by Gasteiger charge is 2.65. The summed E-state index contributed by atoms with van der Waals surface area (Å²) in [7, 11) is 3.19. The normalized spacial score (nSPS) is 29.4. The molecule has 0 amide bonds. The van der Waals surface area contributed by atoms with E-state index in [4.69, 9.17) is 4.74 Å². The third-order valence-electron chi connectivity index (χ3n) is 2.99. The number of ether oxygens (including phenoxy) is 4. The van der Waals surface area contributed by atoms with Gasteiger partial charge in [0.1, 0.15) is 5.92 Å². The number of methoxy groups -OCH3 is 3. The molecule has 0 N–H and O–H groups in total. The second-order valence-corrected chi connectivity index (χ2v) is 4.02. The number of hydrogen-bond acceptors (Lipinski definition) is 8. The van der Waals surface area contributed by atoms with Crippen LogP contribution in [0, 0.1) is 11.8 Å². The maximum absolute atomic E-state index is 11.8. The molecule has 3 atom stereocenters. The van der Waals surface area contributed by atoms with Crippen molar-refractivity contribution in [1.82, 2.24) is 0 Å². The van der Waals surface area contributed by atoms with Crippen LogP contribution in [0.1, 0.15) is 6.92 Å². The number of cyclic esters (lactones) is 1. The number of carbonyl (C=O) groups is 4.